The van der Waals surface area contributed by atoms with Gasteiger partial charge in [-0.1, -0.05) is 6.07 Å². The van der Waals surface area contributed by atoms with Gasteiger partial charge in [0.25, 0.3) is 0 Å². The number of hydrogen-bond donors (Lipinski definition) is 1. The molecule has 0 fully saturated rings. The van der Waals surface area contributed by atoms with E-state index in [1.165, 1.54) is 4.88 Å². The van der Waals surface area contributed by atoms with Gasteiger partial charge in [0.05, 0.1) is 0 Å². The normalized spacial score (nSPS) is 15.5. The highest BCUT2D eigenvalue weighted by Crippen LogP contribution is 2.13. The first kappa shape index (κ1) is 12.7. The van der Waals surface area contributed by atoms with Crippen LogP contribution in [0.25, 0.3) is 0 Å². The third-order valence-electron chi connectivity index (χ3n) is 2.88. The summed E-state index contributed by atoms with van der Waals surface area (Å²) in [7, 11) is 4.22. The molecule has 0 amide bonds. The molecule has 3 heteroatoms. The summed E-state index contributed by atoms with van der Waals surface area (Å²) in [6, 6.07) is 5.51. The first-order valence-electron chi connectivity index (χ1n) is 5.53. The van der Waals surface area contributed by atoms with E-state index in [9.17, 15) is 0 Å². The molecule has 1 heterocycles. The van der Waals surface area contributed by atoms with Gasteiger partial charge in [-0.15, -0.1) is 11.3 Å². The van der Waals surface area contributed by atoms with Crippen LogP contribution in [-0.2, 0) is 6.42 Å². The van der Waals surface area contributed by atoms with Crippen molar-refractivity contribution in [1.29, 1.82) is 0 Å². The molecule has 0 aliphatic heterocycles. The van der Waals surface area contributed by atoms with Gasteiger partial charge in [-0.25, -0.2) is 0 Å². The molecule has 2 nitrogen and oxygen atoms in total. The van der Waals surface area contributed by atoms with Gasteiger partial charge in [-0.05, 0) is 45.8 Å². The molecule has 0 spiro atoms. The number of thiophene rings is 1. The molecule has 1 aromatic rings. The maximum atomic E-state index is 3.27. The summed E-state index contributed by atoms with van der Waals surface area (Å²) in [5, 5.41) is 5.42. The van der Waals surface area contributed by atoms with E-state index in [1.807, 2.05) is 18.4 Å². The second kappa shape index (κ2) is 6.26. The molecule has 15 heavy (non-hydrogen) atoms. The number of likely N-dealkylation sites (N-methyl/N-ethyl adjacent to an activating group) is 2. The molecule has 1 N–H and O–H groups in total. The van der Waals surface area contributed by atoms with Crippen LogP contribution in [0.5, 0.6) is 0 Å². The minimum absolute atomic E-state index is 0.556. The maximum Gasteiger partial charge on any atom is 0.0163 e. The Kier molecular flexibility index (Phi) is 5.29. The fourth-order valence-corrected chi connectivity index (χ4v) is 2.41. The molecule has 1 rings (SSSR count). The molecule has 0 aromatic carbocycles. The SMILES string of the molecule is CNC(C)CN(C)C(C)Cc1cccs1. The lowest BCUT2D eigenvalue weighted by atomic mass is 10.1. The summed E-state index contributed by atoms with van der Waals surface area (Å²) in [6.45, 7) is 5.61. The Hall–Kier alpha value is -0.380. The lowest BCUT2D eigenvalue weighted by molar-refractivity contribution is 0.236. The van der Waals surface area contributed by atoms with Crippen LogP contribution >= 0.6 is 11.3 Å². The zero-order valence-electron chi connectivity index (χ0n) is 10.2. The highest BCUT2D eigenvalue weighted by atomic mass is 32.1. The quantitative estimate of drug-likeness (QED) is 0.800. The Morgan fingerprint density at radius 1 is 1.47 bits per heavy atom. The fraction of sp³-hybridized carbons (Fsp3) is 0.667. The van der Waals surface area contributed by atoms with Crippen LogP contribution in [0.15, 0.2) is 17.5 Å². The first-order chi connectivity index (χ1) is 7.13. The standard InChI is InChI=1S/C12H22N2S/c1-10(13-3)9-14(4)11(2)8-12-6-5-7-15-12/h5-7,10-11,13H,8-9H2,1-4H3. The van der Waals surface area contributed by atoms with E-state index in [2.05, 4.69) is 48.6 Å². The predicted octanol–water partition coefficient (Wildman–Crippen LogP) is 2.22. The average molecular weight is 226 g/mol. The zero-order valence-corrected chi connectivity index (χ0v) is 11.0. The van der Waals surface area contributed by atoms with Crippen molar-refractivity contribution in [2.45, 2.75) is 32.4 Å². The molecule has 0 radical (unpaired) electrons. The predicted molar refractivity (Wildman–Crippen MR) is 68.6 cm³/mol. The Balaban J connectivity index is 2.36. The van der Waals surface area contributed by atoms with Gasteiger partial charge < -0.3 is 10.2 Å². The lowest BCUT2D eigenvalue weighted by Gasteiger charge is -2.27. The van der Waals surface area contributed by atoms with Crippen molar-refractivity contribution in [3.05, 3.63) is 22.4 Å². The van der Waals surface area contributed by atoms with Gasteiger partial charge in [-0.3, -0.25) is 0 Å². The number of hydrogen-bond acceptors (Lipinski definition) is 3. The van der Waals surface area contributed by atoms with Crippen LogP contribution in [-0.4, -0.2) is 37.6 Å². The smallest absolute Gasteiger partial charge is 0.0163 e. The molecule has 1 aromatic heterocycles. The third kappa shape index (κ3) is 4.33. The second-order valence-corrected chi connectivity index (χ2v) is 5.29. The Morgan fingerprint density at radius 2 is 2.20 bits per heavy atom. The van der Waals surface area contributed by atoms with Crippen LogP contribution in [0.1, 0.15) is 18.7 Å². The van der Waals surface area contributed by atoms with E-state index in [0.29, 0.717) is 12.1 Å². The van der Waals surface area contributed by atoms with Crippen molar-refractivity contribution in [3.8, 4) is 0 Å². The van der Waals surface area contributed by atoms with Crippen molar-refractivity contribution in [2.75, 3.05) is 20.6 Å². The number of nitrogens with one attached hydrogen (secondary N) is 1. The van der Waals surface area contributed by atoms with E-state index in [4.69, 9.17) is 0 Å². The highest BCUT2D eigenvalue weighted by Gasteiger charge is 2.12. The van der Waals surface area contributed by atoms with E-state index in [0.717, 1.165) is 13.0 Å². The number of rotatable bonds is 6. The fourth-order valence-electron chi connectivity index (χ4n) is 1.58. The van der Waals surface area contributed by atoms with Crippen LogP contribution in [0.3, 0.4) is 0 Å². The van der Waals surface area contributed by atoms with Crippen LogP contribution in [0, 0.1) is 0 Å². The van der Waals surface area contributed by atoms with Crippen molar-refractivity contribution in [2.24, 2.45) is 0 Å². The second-order valence-electron chi connectivity index (χ2n) is 4.26. The van der Waals surface area contributed by atoms with Gasteiger partial charge in [-0.2, -0.15) is 0 Å². The molecule has 86 valence electrons. The monoisotopic (exact) mass is 226 g/mol. The lowest BCUT2D eigenvalue weighted by Crippen LogP contribution is -2.40. The van der Waals surface area contributed by atoms with Gasteiger partial charge in [0.2, 0.25) is 0 Å². The van der Waals surface area contributed by atoms with Crippen LogP contribution < -0.4 is 5.32 Å². The maximum absolute atomic E-state index is 3.27. The van der Waals surface area contributed by atoms with Crippen molar-refractivity contribution in [1.82, 2.24) is 10.2 Å². The first-order valence-corrected chi connectivity index (χ1v) is 6.41. The van der Waals surface area contributed by atoms with E-state index in [-0.39, 0.29) is 0 Å². The molecule has 0 bridgehead atoms. The third-order valence-corrected chi connectivity index (χ3v) is 3.78. The van der Waals surface area contributed by atoms with E-state index < -0.39 is 0 Å². The van der Waals surface area contributed by atoms with E-state index >= 15 is 0 Å². The minimum Gasteiger partial charge on any atom is -0.316 e. The molecule has 0 saturated carbocycles. The topological polar surface area (TPSA) is 15.3 Å². The molecule has 0 aliphatic rings. The van der Waals surface area contributed by atoms with Crippen molar-refractivity contribution >= 4 is 11.3 Å². The number of nitrogens with zero attached hydrogens (tertiary/aromatic N) is 1. The highest BCUT2D eigenvalue weighted by molar-refractivity contribution is 7.09. The Morgan fingerprint density at radius 3 is 2.73 bits per heavy atom. The van der Waals surface area contributed by atoms with Gasteiger partial charge in [0, 0.05) is 23.5 Å². The van der Waals surface area contributed by atoms with Crippen molar-refractivity contribution < 1.29 is 0 Å². The molecular weight excluding hydrogens is 204 g/mol. The van der Waals surface area contributed by atoms with Crippen molar-refractivity contribution in [3.63, 3.8) is 0 Å². The summed E-state index contributed by atoms with van der Waals surface area (Å²) < 4.78 is 0. The molecule has 0 aliphatic carbocycles. The van der Waals surface area contributed by atoms with Gasteiger partial charge >= 0.3 is 0 Å². The average Bonchev–Trinajstić information content (AvgIpc) is 2.70. The summed E-state index contributed by atoms with van der Waals surface area (Å²) in [6.07, 6.45) is 1.16. The summed E-state index contributed by atoms with van der Waals surface area (Å²) in [5.74, 6) is 0. The Labute approximate surface area is 97.3 Å². The zero-order chi connectivity index (χ0) is 11.3. The largest absolute Gasteiger partial charge is 0.316 e. The summed E-state index contributed by atoms with van der Waals surface area (Å²) >= 11 is 1.85. The molecule has 0 saturated heterocycles. The van der Waals surface area contributed by atoms with E-state index in [1.54, 1.807) is 0 Å². The molecular formula is C12H22N2S. The minimum atomic E-state index is 0.556. The summed E-state index contributed by atoms with van der Waals surface area (Å²) in [4.78, 5) is 3.90. The van der Waals surface area contributed by atoms with Crippen LogP contribution in [0.4, 0.5) is 0 Å². The molecule has 2 atom stereocenters. The van der Waals surface area contributed by atoms with Gasteiger partial charge in [0.15, 0.2) is 0 Å². The van der Waals surface area contributed by atoms with Gasteiger partial charge in [0.1, 0.15) is 0 Å². The van der Waals surface area contributed by atoms with Crippen LogP contribution in [0.2, 0.25) is 0 Å². The summed E-state index contributed by atoms with van der Waals surface area (Å²) in [5.41, 5.74) is 0. The molecule has 2 unspecified atom stereocenters. The Bertz CT molecular complexity index is 259.